The third kappa shape index (κ3) is 3.45. The normalized spacial score (nSPS) is 18.9. The fourth-order valence-corrected chi connectivity index (χ4v) is 2.67. The molecule has 104 valence electrons. The summed E-state index contributed by atoms with van der Waals surface area (Å²) >= 11 is 5.91. The average Bonchev–Trinajstić information content (AvgIpc) is 2.83. The van der Waals surface area contributed by atoms with Crippen molar-refractivity contribution in [3.63, 3.8) is 0 Å². The molecule has 1 heterocycles. The molecule has 0 radical (unpaired) electrons. The quantitative estimate of drug-likeness (QED) is 0.922. The van der Waals surface area contributed by atoms with Gasteiger partial charge in [-0.1, -0.05) is 17.7 Å². The van der Waals surface area contributed by atoms with Crippen molar-refractivity contribution in [2.45, 2.75) is 19.3 Å². The van der Waals surface area contributed by atoms with Gasteiger partial charge in [0.25, 0.3) is 0 Å². The Morgan fingerprint density at radius 1 is 1.53 bits per heavy atom. The van der Waals surface area contributed by atoms with Gasteiger partial charge in [0.1, 0.15) is 5.82 Å². The SMILES string of the molecule is O=C(Cc1c(F)cccc1Cl)N1CCC(CCO)C1. The Balaban J connectivity index is 1.98. The van der Waals surface area contributed by atoms with Gasteiger partial charge < -0.3 is 10.0 Å². The van der Waals surface area contributed by atoms with E-state index in [-0.39, 0.29) is 24.5 Å². The summed E-state index contributed by atoms with van der Waals surface area (Å²) in [7, 11) is 0. The number of amides is 1. The van der Waals surface area contributed by atoms with Gasteiger partial charge in [-0.3, -0.25) is 4.79 Å². The molecule has 1 aromatic carbocycles. The molecule has 1 N–H and O–H groups in total. The van der Waals surface area contributed by atoms with Gasteiger partial charge in [0.05, 0.1) is 6.42 Å². The van der Waals surface area contributed by atoms with Crippen LogP contribution in [0.1, 0.15) is 18.4 Å². The third-order valence-corrected chi connectivity index (χ3v) is 3.92. The van der Waals surface area contributed by atoms with E-state index in [0.29, 0.717) is 30.5 Å². The highest BCUT2D eigenvalue weighted by atomic mass is 35.5. The number of benzene rings is 1. The molecule has 2 rings (SSSR count). The third-order valence-electron chi connectivity index (χ3n) is 3.57. The van der Waals surface area contributed by atoms with Gasteiger partial charge in [-0.2, -0.15) is 0 Å². The fourth-order valence-electron chi connectivity index (χ4n) is 2.44. The number of hydrogen-bond donors (Lipinski definition) is 1. The molecule has 1 atom stereocenters. The van der Waals surface area contributed by atoms with Crippen molar-refractivity contribution in [3.05, 3.63) is 34.6 Å². The molecule has 3 nitrogen and oxygen atoms in total. The van der Waals surface area contributed by atoms with Crippen molar-refractivity contribution in [3.8, 4) is 0 Å². The van der Waals surface area contributed by atoms with Crippen molar-refractivity contribution in [2.75, 3.05) is 19.7 Å². The minimum Gasteiger partial charge on any atom is -0.396 e. The zero-order chi connectivity index (χ0) is 13.8. The van der Waals surface area contributed by atoms with E-state index in [0.717, 1.165) is 6.42 Å². The number of carbonyl (C=O) groups is 1. The predicted octanol–water partition coefficient (Wildman–Crippen LogP) is 2.25. The van der Waals surface area contributed by atoms with Crippen molar-refractivity contribution in [2.24, 2.45) is 5.92 Å². The zero-order valence-electron chi connectivity index (χ0n) is 10.6. The first-order chi connectivity index (χ1) is 9.11. The predicted molar refractivity (Wildman–Crippen MR) is 71.5 cm³/mol. The lowest BCUT2D eigenvalue weighted by Gasteiger charge is -2.17. The van der Waals surface area contributed by atoms with Crippen molar-refractivity contribution in [1.29, 1.82) is 0 Å². The Bertz CT molecular complexity index is 447. The van der Waals surface area contributed by atoms with Crippen molar-refractivity contribution >= 4 is 17.5 Å². The number of nitrogens with zero attached hydrogens (tertiary/aromatic N) is 1. The van der Waals surface area contributed by atoms with Crippen molar-refractivity contribution in [1.82, 2.24) is 4.90 Å². The van der Waals surface area contributed by atoms with E-state index < -0.39 is 5.82 Å². The summed E-state index contributed by atoms with van der Waals surface area (Å²) in [5, 5.41) is 9.18. The molecule has 0 bridgehead atoms. The van der Waals surface area contributed by atoms with E-state index in [2.05, 4.69) is 0 Å². The molecule has 1 unspecified atom stereocenters. The second-order valence-corrected chi connectivity index (χ2v) is 5.29. The van der Waals surface area contributed by atoms with Crippen LogP contribution in [0.5, 0.6) is 0 Å². The van der Waals surface area contributed by atoms with E-state index in [1.807, 2.05) is 0 Å². The summed E-state index contributed by atoms with van der Waals surface area (Å²) in [5.74, 6) is -0.190. The summed E-state index contributed by atoms with van der Waals surface area (Å²) in [6.45, 7) is 1.47. The highest BCUT2D eigenvalue weighted by Crippen LogP contribution is 2.23. The average molecular weight is 286 g/mol. The summed E-state index contributed by atoms with van der Waals surface area (Å²) < 4.78 is 13.6. The van der Waals surface area contributed by atoms with Crippen LogP contribution in [-0.2, 0) is 11.2 Å². The Morgan fingerprint density at radius 2 is 2.32 bits per heavy atom. The van der Waals surface area contributed by atoms with E-state index >= 15 is 0 Å². The molecule has 0 aliphatic carbocycles. The maximum atomic E-state index is 13.6. The molecule has 1 aliphatic heterocycles. The molecule has 0 aromatic heterocycles. The van der Waals surface area contributed by atoms with Gasteiger partial charge in [0.15, 0.2) is 0 Å². The molecule has 1 aliphatic rings. The van der Waals surface area contributed by atoms with Crippen LogP contribution in [0.3, 0.4) is 0 Å². The van der Waals surface area contributed by atoms with Gasteiger partial charge >= 0.3 is 0 Å². The zero-order valence-corrected chi connectivity index (χ0v) is 11.4. The van der Waals surface area contributed by atoms with E-state index in [4.69, 9.17) is 16.7 Å². The highest BCUT2D eigenvalue weighted by molar-refractivity contribution is 6.31. The number of carbonyl (C=O) groups excluding carboxylic acids is 1. The Labute approximate surface area is 117 Å². The second kappa shape index (κ2) is 6.35. The molecule has 0 saturated carbocycles. The number of rotatable bonds is 4. The number of halogens is 2. The van der Waals surface area contributed by atoms with Crippen LogP contribution in [0.2, 0.25) is 5.02 Å². The van der Waals surface area contributed by atoms with E-state index in [1.54, 1.807) is 11.0 Å². The molecule has 1 aromatic rings. The lowest BCUT2D eigenvalue weighted by molar-refractivity contribution is -0.129. The summed E-state index contributed by atoms with van der Waals surface area (Å²) in [4.78, 5) is 13.8. The highest BCUT2D eigenvalue weighted by Gasteiger charge is 2.26. The maximum absolute atomic E-state index is 13.6. The first-order valence-electron chi connectivity index (χ1n) is 6.43. The first kappa shape index (κ1) is 14.3. The second-order valence-electron chi connectivity index (χ2n) is 4.88. The molecule has 5 heteroatoms. The molecule has 1 amide bonds. The smallest absolute Gasteiger partial charge is 0.227 e. The molecule has 1 fully saturated rings. The summed E-state index contributed by atoms with van der Waals surface area (Å²) in [6.07, 6.45) is 1.61. The van der Waals surface area contributed by atoms with Crippen LogP contribution in [0.15, 0.2) is 18.2 Å². The molecule has 19 heavy (non-hydrogen) atoms. The van der Waals surface area contributed by atoms with Crippen LogP contribution in [0, 0.1) is 11.7 Å². The van der Waals surface area contributed by atoms with Gasteiger partial charge in [-0.05, 0) is 30.9 Å². The van der Waals surface area contributed by atoms with Gasteiger partial charge in [0.2, 0.25) is 5.91 Å². The lowest BCUT2D eigenvalue weighted by Crippen LogP contribution is -2.30. The van der Waals surface area contributed by atoms with Crippen LogP contribution >= 0.6 is 11.6 Å². The molecular formula is C14H17ClFNO2. The fraction of sp³-hybridized carbons (Fsp3) is 0.500. The minimum absolute atomic E-state index is 0.00263. The maximum Gasteiger partial charge on any atom is 0.227 e. The van der Waals surface area contributed by atoms with E-state index in [1.165, 1.54) is 12.1 Å². The summed E-state index contributed by atoms with van der Waals surface area (Å²) in [6, 6.07) is 4.43. The molecule has 1 saturated heterocycles. The van der Waals surface area contributed by atoms with Crippen LogP contribution < -0.4 is 0 Å². The first-order valence-corrected chi connectivity index (χ1v) is 6.81. The van der Waals surface area contributed by atoms with Gasteiger partial charge in [0, 0.05) is 30.3 Å². The largest absolute Gasteiger partial charge is 0.396 e. The topological polar surface area (TPSA) is 40.5 Å². The number of hydrogen-bond acceptors (Lipinski definition) is 2. The monoisotopic (exact) mass is 285 g/mol. The van der Waals surface area contributed by atoms with Crippen molar-refractivity contribution < 1.29 is 14.3 Å². The van der Waals surface area contributed by atoms with Crippen LogP contribution in [-0.4, -0.2) is 35.6 Å². The summed E-state index contributed by atoms with van der Waals surface area (Å²) in [5.41, 5.74) is 0.264. The molecular weight excluding hydrogens is 269 g/mol. The van der Waals surface area contributed by atoms with Crippen LogP contribution in [0.4, 0.5) is 4.39 Å². The number of aliphatic hydroxyl groups is 1. The molecule has 0 spiro atoms. The van der Waals surface area contributed by atoms with E-state index in [9.17, 15) is 9.18 Å². The minimum atomic E-state index is -0.438. The Kier molecular flexibility index (Phi) is 4.77. The van der Waals surface area contributed by atoms with Gasteiger partial charge in [-0.15, -0.1) is 0 Å². The Hall–Kier alpha value is -1.13. The van der Waals surface area contributed by atoms with Crippen LogP contribution in [0.25, 0.3) is 0 Å². The standard InChI is InChI=1S/C14H17ClFNO2/c15-12-2-1-3-13(16)11(12)8-14(19)17-6-4-10(9-17)5-7-18/h1-3,10,18H,4-9H2. The number of aliphatic hydroxyl groups excluding tert-OH is 1. The number of likely N-dealkylation sites (tertiary alicyclic amines) is 1. The lowest BCUT2D eigenvalue weighted by atomic mass is 10.1. The van der Waals surface area contributed by atoms with Gasteiger partial charge in [-0.25, -0.2) is 4.39 Å². The Morgan fingerprint density at radius 3 is 3.00 bits per heavy atom.